The first-order valence-electron chi connectivity index (χ1n) is 4.09. The Morgan fingerprint density at radius 3 is 2.69 bits per heavy atom. The maximum Gasteiger partial charge on any atom is 0.266 e. The summed E-state index contributed by atoms with van der Waals surface area (Å²) in [5.74, 6) is 0. The van der Waals surface area contributed by atoms with Gasteiger partial charge in [-0.2, -0.15) is 4.21 Å². The molecule has 0 aromatic carbocycles. The summed E-state index contributed by atoms with van der Waals surface area (Å²) in [5.41, 5.74) is 5.29. The van der Waals surface area contributed by atoms with Crippen LogP contribution in [0.2, 0.25) is 0 Å². The van der Waals surface area contributed by atoms with E-state index in [-0.39, 0.29) is 6.61 Å². The molecule has 0 aromatic rings. The van der Waals surface area contributed by atoms with E-state index in [1.807, 2.05) is 0 Å². The average Bonchev–Trinajstić information content (AvgIpc) is 2.01. The van der Waals surface area contributed by atoms with Crippen LogP contribution in [0.4, 0.5) is 0 Å². The molecule has 0 saturated carbocycles. The molecule has 0 rings (SSSR count). The molecule has 4 N–H and O–H groups in total. The van der Waals surface area contributed by atoms with Crippen LogP contribution >= 0.6 is 0 Å². The Morgan fingerprint density at radius 1 is 1.46 bits per heavy atom. The largest absolute Gasteiger partial charge is 0.330 e. The fraction of sp³-hybridized carbons (Fsp3) is 1.00. The maximum absolute atomic E-state index is 10.4. The molecule has 7 heteroatoms. The van der Waals surface area contributed by atoms with Gasteiger partial charge < -0.3 is 11.1 Å². The second kappa shape index (κ2) is 7.60. The molecular formula is C6H16N2O3S2. The smallest absolute Gasteiger partial charge is 0.266 e. The third kappa shape index (κ3) is 12.2. The summed E-state index contributed by atoms with van der Waals surface area (Å²) in [6, 6.07) is 0. The van der Waals surface area contributed by atoms with Crippen molar-refractivity contribution in [3.05, 3.63) is 0 Å². The van der Waals surface area contributed by atoms with Crippen LogP contribution in [0.3, 0.4) is 0 Å². The van der Waals surface area contributed by atoms with Gasteiger partial charge in [0.15, 0.2) is 0 Å². The molecule has 0 saturated heterocycles. The lowest BCUT2D eigenvalue weighted by molar-refractivity contribution is 0.302. The maximum atomic E-state index is 10.4. The highest BCUT2D eigenvalue weighted by molar-refractivity contribution is 8.27. The Balaban J connectivity index is 3.09. The van der Waals surface area contributed by atoms with Crippen molar-refractivity contribution in [2.24, 2.45) is 5.73 Å². The van der Waals surface area contributed by atoms with E-state index in [9.17, 15) is 4.21 Å². The van der Waals surface area contributed by atoms with Gasteiger partial charge in [-0.3, -0.25) is 8.74 Å². The first kappa shape index (κ1) is 13.2. The molecule has 0 aliphatic rings. The molecule has 0 amide bonds. The van der Waals surface area contributed by atoms with Gasteiger partial charge in [0, 0.05) is 17.7 Å². The lowest BCUT2D eigenvalue weighted by atomic mass is 10.3. The van der Waals surface area contributed by atoms with E-state index in [1.165, 1.54) is 0 Å². The zero-order valence-electron chi connectivity index (χ0n) is 7.40. The van der Waals surface area contributed by atoms with Gasteiger partial charge in [-0.05, 0) is 25.9 Å². The van der Waals surface area contributed by atoms with Gasteiger partial charge in [-0.15, -0.1) is 0 Å². The Hall–Kier alpha value is 0.210. The number of nitrogens with two attached hydrogens (primary N) is 1. The van der Waals surface area contributed by atoms with E-state index in [1.54, 1.807) is 0 Å². The average molecular weight is 228 g/mol. The predicted octanol–water partition coefficient (Wildman–Crippen LogP) is -0.534. The van der Waals surface area contributed by atoms with Crippen molar-refractivity contribution in [3.8, 4) is 0 Å². The van der Waals surface area contributed by atoms with Crippen LogP contribution < -0.4 is 11.1 Å². The van der Waals surface area contributed by atoms with Crippen LogP contribution in [0.25, 0.3) is 0 Å². The van der Waals surface area contributed by atoms with Gasteiger partial charge in [0.2, 0.25) is 0 Å². The van der Waals surface area contributed by atoms with Crippen molar-refractivity contribution in [1.82, 2.24) is 5.32 Å². The van der Waals surface area contributed by atoms with Crippen molar-refractivity contribution < 1.29 is 12.9 Å². The number of hydrogen-bond donors (Lipinski definition) is 3. The summed E-state index contributed by atoms with van der Waals surface area (Å²) in [4.78, 5) is 0. The zero-order chi connectivity index (χ0) is 10.2. The fourth-order valence-electron chi connectivity index (χ4n) is 0.738. The third-order valence-corrected chi connectivity index (χ3v) is 2.07. The summed E-state index contributed by atoms with van der Waals surface area (Å²) in [6.45, 7) is 2.21. The van der Waals surface area contributed by atoms with Crippen LogP contribution in [0.5, 0.6) is 0 Å². The van der Waals surface area contributed by atoms with E-state index >= 15 is 0 Å². The standard InChI is InChI=1S/C6H16N2O3S2/c7-3-1-2-4-8-5-6-11-13(9,10)12/h8H,1-7H2,(H,9,10,12). The lowest BCUT2D eigenvalue weighted by Crippen LogP contribution is -2.22. The number of nitrogens with one attached hydrogen (secondary N) is 1. The van der Waals surface area contributed by atoms with Crippen molar-refractivity contribution in [1.29, 1.82) is 0 Å². The van der Waals surface area contributed by atoms with Crippen molar-refractivity contribution in [2.75, 3.05) is 26.2 Å². The Kier molecular flexibility index (Phi) is 7.72. The monoisotopic (exact) mass is 228 g/mol. The van der Waals surface area contributed by atoms with Gasteiger partial charge in [-0.1, -0.05) is 0 Å². The Labute approximate surface area is 83.7 Å². The molecule has 0 aliphatic heterocycles. The predicted molar refractivity (Wildman–Crippen MR) is 55.2 cm³/mol. The molecule has 0 aromatic heterocycles. The van der Waals surface area contributed by atoms with Crippen LogP contribution in [-0.2, 0) is 24.4 Å². The highest BCUT2D eigenvalue weighted by Crippen LogP contribution is 1.86. The highest BCUT2D eigenvalue weighted by Gasteiger charge is 1.97. The number of hydrogen-bond acceptors (Lipinski definition) is 5. The Bertz CT molecular complexity index is 206. The first-order valence-corrected chi connectivity index (χ1v) is 6.45. The molecular weight excluding hydrogens is 212 g/mol. The minimum absolute atomic E-state index is 0.154. The fourth-order valence-corrected chi connectivity index (χ4v) is 1.24. The van der Waals surface area contributed by atoms with Gasteiger partial charge >= 0.3 is 0 Å². The van der Waals surface area contributed by atoms with Gasteiger partial charge in [0.05, 0.1) is 6.61 Å². The lowest BCUT2D eigenvalue weighted by Gasteiger charge is -2.03. The topological polar surface area (TPSA) is 84.6 Å². The summed E-state index contributed by atoms with van der Waals surface area (Å²) >= 11 is 4.12. The van der Waals surface area contributed by atoms with Crippen molar-refractivity contribution in [3.63, 3.8) is 0 Å². The third-order valence-electron chi connectivity index (χ3n) is 1.32. The normalized spacial score (nSPS) is 15.5. The van der Waals surface area contributed by atoms with Crippen molar-refractivity contribution >= 4 is 20.2 Å². The van der Waals surface area contributed by atoms with Gasteiger partial charge in [0.1, 0.15) is 0 Å². The SMILES string of the molecule is NCCCCNCCOS(=O)(O)=S. The van der Waals surface area contributed by atoms with Gasteiger partial charge in [0.25, 0.3) is 9.05 Å². The molecule has 1 atom stereocenters. The first-order chi connectivity index (χ1) is 6.06. The number of unbranched alkanes of at least 4 members (excludes halogenated alkanes) is 1. The van der Waals surface area contributed by atoms with E-state index in [0.717, 1.165) is 19.4 Å². The molecule has 0 heterocycles. The summed E-state index contributed by atoms with van der Waals surface area (Å²) in [5, 5.41) is 3.03. The molecule has 1 unspecified atom stereocenters. The van der Waals surface area contributed by atoms with E-state index in [2.05, 4.69) is 20.7 Å². The molecule has 13 heavy (non-hydrogen) atoms. The van der Waals surface area contributed by atoms with Gasteiger partial charge in [-0.25, -0.2) is 0 Å². The summed E-state index contributed by atoms with van der Waals surface area (Å²) in [7, 11) is -3.45. The Morgan fingerprint density at radius 2 is 2.15 bits per heavy atom. The second-order valence-corrected chi connectivity index (χ2v) is 4.85. The summed E-state index contributed by atoms with van der Waals surface area (Å²) in [6.07, 6.45) is 1.98. The van der Waals surface area contributed by atoms with E-state index in [0.29, 0.717) is 13.1 Å². The molecule has 0 bridgehead atoms. The van der Waals surface area contributed by atoms with Crippen LogP contribution in [-0.4, -0.2) is 35.0 Å². The molecule has 0 aliphatic carbocycles. The molecule has 0 spiro atoms. The van der Waals surface area contributed by atoms with Crippen LogP contribution in [0.15, 0.2) is 0 Å². The van der Waals surface area contributed by atoms with Crippen LogP contribution in [0, 0.1) is 0 Å². The molecule has 80 valence electrons. The zero-order valence-corrected chi connectivity index (χ0v) is 9.03. The van der Waals surface area contributed by atoms with Crippen LogP contribution in [0.1, 0.15) is 12.8 Å². The number of rotatable bonds is 8. The molecule has 5 nitrogen and oxygen atoms in total. The minimum atomic E-state index is -3.45. The molecule has 0 fully saturated rings. The van der Waals surface area contributed by atoms with E-state index < -0.39 is 9.05 Å². The van der Waals surface area contributed by atoms with Crippen molar-refractivity contribution in [2.45, 2.75) is 12.8 Å². The molecule has 0 radical (unpaired) electrons. The minimum Gasteiger partial charge on any atom is -0.330 e. The highest BCUT2D eigenvalue weighted by atomic mass is 32.9. The summed E-state index contributed by atoms with van der Waals surface area (Å²) < 4.78 is 23.4. The second-order valence-electron chi connectivity index (χ2n) is 2.50. The van der Waals surface area contributed by atoms with E-state index in [4.69, 9.17) is 10.3 Å². The quantitative estimate of drug-likeness (QED) is 0.484.